The average molecular weight is 378 g/mol. The normalized spacial score (nSPS) is 11.2. The minimum absolute atomic E-state index is 0.795. The SMILES string of the molecule is CCCn1c(SCc2ccccc2Cl)nnc1-c1csc(C)c1C. The Bertz CT molecular complexity index is 839. The molecule has 0 N–H and O–H groups in total. The first-order valence-corrected chi connectivity index (χ1v) is 10.2. The Hall–Kier alpha value is -1.30. The summed E-state index contributed by atoms with van der Waals surface area (Å²) in [6.07, 6.45) is 1.05. The van der Waals surface area contributed by atoms with Gasteiger partial charge in [-0.25, -0.2) is 0 Å². The minimum Gasteiger partial charge on any atom is -0.302 e. The van der Waals surface area contributed by atoms with E-state index in [0.29, 0.717) is 0 Å². The highest BCUT2D eigenvalue weighted by molar-refractivity contribution is 7.98. The lowest BCUT2D eigenvalue weighted by Gasteiger charge is -2.09. The van der Waals surface area contributed by atoms with E-state index in [2.05, 4.69) is 47.0 Å². The third kappa shape index (κ3) is 3.53. The minimum atomic E-state index is 0.795. The van der Waals surface area contributed by atoms with Gasteiger partial charge in [-0.15, -0.1) is 21.5 Å². The molecular weight excluding hydrogens is 358 g/mol. The molecule has 0 aliphatic heterocycles. The summed E-state index contributed by atoms with van der Waals surface area (Å²) in [5.74, 6) is 1.77. The molecule has 24 heavy (non-hydrogen) atoms. The molecule has 0 fully saturated rings. The van der Waals surface area contributed by atoms with Crippen molar-refractivity contribution in [1.82, 2.24) is 14.8 Å². The lowest BCUT2D eigenvalue weighted by atomic mass is 10.1. The van der Waals surface area contributed by atoms with Crippen LogP contribution in [0.1, 0.15) is 29.3 Å². The molecule has 0 saturated heterocycles. The zero-order valence-corrected chi connectivity index (χ0v) is 16.4. The van der Waals surface area contributed by atoms with E-state index in [0.717, 1.165) is 40.3 Å². The lowest BCUT2D eigenvalue weighted by Crippen LogP contribution is -2.02. The molecule has 126 valence electrons. The Labute approximate surface area is 156 Å². The van der Waals surface area contributed by atoms with Crippen LogP contribution in [0.3, 0.4) is 0 Å². The van der Waals surface area contributed by atoms with Gasteiger partial charge in [0.15, 0.2) is 11.0 Å². The van der Waals surface area contributed by atoms with Gasteiger partial charge in [0.25, 0.3) is 0 Å². The maximum atomic E-state index is 6.26. The Morgan fingerprint density at radius 1 is 1.21 bits per heavy atom. The molecule has 3 aromatic rings. The highest BCUT2D eigenvalue weighted by Crippen LogP contribution is 2.33. The van der Waals surface area contributed by atoms with Crippen LogP contribution in [0.5, 0.6) is 0 Å². The maximum absolute atomic E-state index is 6.26. The summed E-state index contributed by atoms with van der Waals surface area (Å²) >= 11 is 9.72. The van der Waals surface area contributed by atoms with Gasteiger partial charge in [-0.3, -0.25) is 0 Å². The standard InChI is InChI=1S/C18H20ClN3S2/c1-4-9-22-17(15-11-23-13(3)12(15)2)20-21-18(22)24-10-14-7-5-6-8-16(14)19/h5-8,11H,4,9-10H2,1-3H3. The largest absolute Gasteiger partial charge is 0.302 e. The van der Waals surface area contributed by atoms with Gasteiger partial charge in [-0.05, 0) is 37.5 Å². The Balaban J connectivity index is 1.89. The fourth-order valence-electron chi connectivity index (χ4n) is 2.51. The first-order chi connectivity index (χ1) is 11.6. The predicted molar refractivity (Wildman–Crippen MR) is 104 cm³/mol. The van der Waals surface area contributed by atoms with E-state index >= 15 is 0 Å². The van der Waals surface area contributed by atoms with Gasteiger partial charge in [0.1, 0.15) is 0 Å². The number of aromatic nitrogens is 3. The second-order valence-electron chi connectivity index (χ2n) is 5.67. The van der Waals surface area contributed by atoms with E-state index in [1.54, 1.807) is 23.1 Å². The molecule has 1 aromatic carbocycles. The third-order valence-electron chi connectivity index (χ3n) is 4.01. The number of aryl methyl sites for hydroxylation is 1. The van der Waals surface area contributed by atoms with E-state index in [9.17, 15) is 0 Å². The number of rotatable bonds is 6. The summed E-state index contributed by atoms with van der Waals surface area (Å²) in [5.41, 5.74) is 3.62. The number of benzene rings is 1. The number of hydrogen-bond acceptors (Lipinski definition) is 4. The van der Waals surface area contributed by atoms with Crippen molar-refractivity contribution in [3.05, 3.63) is 50.7 Å². The zero-order chi connectivity index (χ0) is 17.1. The highest BCUT2D eigenvalue weighted by atomic mass is 35.5. The summed E-state index contributed by atoms with van der Waals surface area (Å²) in [6, 6.07) is 7.96. The Morgan fingerprint density at radius 2 is 2.00 bits per heavy atom. The van der Waals surface area contributed by atoms with Crippen LogP contribution >= 0.6 is 34.7 Å². The zero-order valence-electron chi connectivity index (χ0n) is 14.0. The van der Waals surface area contributed by atoms with Crippen molar-refractivity contribution in [2.24, 2.45) is 0 Å². The topological polar surface area (TPSA) is 30.7 Å². The molecule has 0 radical (unpaired) electrons. The van der Waals surface area contributed by atoms with Crippen molar-refractivity contribution in [3.63, 3.8) is 0 Å². The van der Waals surface area contributed by atoms with Crippen molar-refractivity contribution >= 4 is 34.7 Å². The molecule has 0 atom stereocenters. The van der Waals surface area contributed by atoms with Gasteiger partial charge < -0.3 is 4.57 Å². The number of hydrogen-bond donors (Lipinski definition) is 0. The third-order valence-corrected chi connectivity index (χ3v) is 6.40. The second-order valence-corrected chi connectivity index (χ2v) is 8.10. The van der Waals surface area contributed by atoms with E-state index < -0.39 is 0 Å². The molecule has 0 saturated carbocycles. The van der Waals surface area contributed by atoms with Gasteiger partial charge in [-0.1, -0.05) is 48.5 Å². The summed E-state index contributed by atoms with van der Waals surface area (Å²) in [7, 11) is 0. The maximum Gasteiger partial charge on any atom is 0.191 e. The summed E-state index contributed by atoms with van der Waals surface area (Å²) in [5, 5.41) is 12.9. The van der Waals surface area contributed by atoms with Crippen molar-refractivity contribution in [3.8, 4) is 11.4 Å². The van der Waals surface area contributed by atoms with Crippen LogP contribution in [-0.4, -0.2) is 14.8 Å². The summed E-state index contributed by atoms with van der Waals surface area (Å²) < 4.78 is 2.23. The average Bonchev–Trinajstić information content (AvgIpc) is 3.11. The van der Waals surface area contributed by atoms with Gasteiger partial charge >= 0.3 is 0 Å². The van der Waals surface area contributed by atoms with Gasteiger partial charge in [0, 0.05) is 33.1 Å². The van der Waals surface area contributed by atoms with Crippen LogP contribution < -0.4 is 0 Å². The second kappa shape index (κ2) is 7.72. The van der Waals surface area contributed by atoms with Crippen LogP contribution in [0.15, 0.2) is 34.8 Å². The monoisotopic (exact) mass is 377 g/mol. The fourth-order valence-corrected chi connectivity index (χ4v) is 4.63. The molecule has 2 aromatic heterocycles. The molecule has 6 heteroatoms. The number of thioether (sulfide) groups is 1. The van der Waals surface area contributed by atoms with Crippen molar-refractivity contribution in [2.75, 3.05) is 0 Å². The quantitative estimate of drug-likeness (QED) is 0.495. The van der Waals surface area contributed by atoms with Crippen LogP contribution in [0.25, 0.3) is 11.4 Å². The van der Waals surface area contributed by atoms with Crippen molar-refractivity contribution < 1.29 is 0 Å². The predicted octanol–water partition coefficient (Wildman–Crippen LogP) is 5.98. The molecule has 0 amide bonds. The lowest BCUT2D eigenvalue weighted by molar-refractivity contribution is 0.626. The van der Waals surface area contributed by atoms with Gasteiger partial charge in [-0.2, -0.15) is 0 Å². The summed E-state index contributed by atoms with van der Waals surface area (Å²) in [4.78, 5) is 1.33. The molecular formula is C18H20ClN3S2. The first kappa shape index (κ1) is 17.5. The van der Waals surface area contributed by atoms with Crippen LogP contribution in [0.2, 0.25) is 5.02 Å². The fraction of sp³-hybridized carbons (Fsp3) is 0.333. The van der Waals surface area contributed by atoms with Gasteiger partial charge in [0.05, 0.1) is 0 Å². The van der Waals surface area contributed by atoms with Gasteiger partial charge in [0.2, 0.25) is 0 Å². The molecule has 0 aliphatic carbocycles. The highest BCUT2D eigenvalue weighted by Gasteiger charge is 2.17. The van der Waals surface area contributed by atoms with E-state index in [4.69, 9.17) is 11.6 Å². The van der Waals surface area contributed by atoms with Crippen LogP contribution in [0.4, 0.5) is 0 Å². The molecule has 0 spiro atoms. The Kier molecular flexibility index (Phi) is 5.64. The summed E-state index contributed by atoms with van der Waals surface area (Å²) in [6.45, 7) is 7.40. The number of halogens is 1. The van der Waals surface area contributed by atoms with E-state index in [1.165, 1.54) is 16.0 Å². The molecule has 3 nitrogen and oxygen atoms in total. The van der Waals surface area contributed by atoms with Crippen LogP contribution in [-0.2, 0) is 12.3 Å². The van der Waals surface area contributed by atoms with E-state index in [1.807, 2.05) is 18.2 Å². The number of nitrogens with zero attached hydrogens (tertiary/aromatic N) is 3. The number of thiophene rings is 1. The molecule has 3 rings (SSSR count). The van der Waals surface area contributed by atoms with E-state index in [-0.39, 0.29) is 0 Å². The molecule has 0 unspecified atom stereocenters. The van der Waals surface area contributed by atoms with Crippen molar-refractivity contribution in [2.45, 2.75) is 44.6 Å². The molecule has 0 aliphatic rings. The van der Waals surface area contributed by atoms with Crippen molar-refractivity contribution in [1.29, 1.82) is 0 Å². The molecule has 0 bridgehead atoms. The first-order valence-electron chi connectivity index (χ1n) is 7.96. The van der Waals surface area contributed by atoms with Crippen LogP contribution in [0, 0.1) is 13.8 Å². The molecule has 2 heterocycles. The smallest absolute Gasteiger partial charge is 0.191 e. The Morgan fingerprint density at radius 3 is 2.67 bits per heavy atom.